The Morgan fingerprint density at radius 1 is 1.47 bits per heavy atom. The van der Waals surface area contributed by atoms with Crippen molar-refractivity contribution in [3.8, 4) is 0 Å². The number of hydrogen-bond acceptors (Lipinski definition) is 4. The molecular formula is C12H16BrNO3. The molecule has 0 saturated carbocycles. The van der Waals surface area contributed by atoms with Crippen LogP contribution in [0.25, 0.3) is 0 Å². The first-order valence-electron chi connectivity index (χ1n) is 5.24. The fourth-order valence-electron chi connectivity index (χ4n) is 1.46. The number of likely N-dealkylation sites (N-methyl/N-ethyl adjacent to an activating group) is 1. The molecule has 5 heteroatoms. The lowest BCUT2D eigenvalue weighted by Crippen LogP contribution is -2.30. The zero-order valence-corrected chi connectivity index (χ0v) is 11.5. The van der Waals surface area contributed by atoms with Gasteiger partial charge in [-0.15, -0.1) is 0 Å². The largest absolute Gasteiger partial charge is 0.469 e. The van der Waals surface area contributed by atoms with E-state index in [1.807, 2.05) is 36.2 Å². The zero-order chi connectivity index (χ0) is 12.8. The third-order valence-corrected chi connectivity index (χ3v) is 2.91. The minimum atomic E-state index is -0.726. The highest BCUT2D eigenvalue weighted by atomic mass is 79.9. The van der Waals surface area contributed by atoms with Gasteiger partial charge in [0.1, 0.15) is 0 Å². The average Bonchev–Trinajstić information content (AvgIpc) is 2.29. The standard InChI is InChI=1S/C12H16BrNO3/c1-14(8-11(15)7-12(16)17-2)10-5-3-9(13)4-6-10/h3-6,11,15H,7-8H2,1-2H3. The van der Waals surface area contributed by atoms with E-state index in [1.165, 1.54) is 7.11 Å². The number of benzene rings is 1. The number of ether oxygens (including phenoxy) is 1. The number of carbonyl (C=O) groups is 1. The molecule has 0 aromatic heterocycles. The van der Waals surface area contributed by atoms with Gasteiger partial charge >= 0.3 is 5.97 Å². The number of anilines is 1. The molecule has 0 saturated heterocycles. The molecule has 4 nitrogen and oxygen atoms in total. The van der Waals surface area contributed by atoms with Crippen molar-refractivity contribution < 1.29 is 14.6 Å². The Hall–Kier alpha value is -1.07. The van der Waals surface area contributed by atoms with Crippen LogP contribution in [0.5, 0.6) is 0 Å². The smallest absolute Gasteiger partial charge is 0.308 e. The van der Waals surface area contributed by atoms with Crippen LogP contribution in [-0.2, 0) is 9.53 Å². The van der Waals surface area contributed by atoms with Crippen molar-refractivity contribution >= 4 is 27.6 Å². The van der Waals surface area contributed by atoms with Crippen molar-refractivity contribution in [3.05, 3.63) is 28.7 Å². The highest BCUT2D eigenvalue weighted by molar-refractivity contribution is 9.10. The first-order valence-corrected chi connectivity index (χ1v) is 6.04. The molecule has 0 aliphatic heterocycles. The van der Waals surface area contributed by atoms with Crippen LogP contribution in [0.4, 0.5) is 5.69 Å². The van der Waals surface area contributed by atoms with Crippen molar-refractivity contribution in [2.75, 3.05) is 25.6 Å². The molecule has 0 aliphatic rings. The lowest BCUT2D eigenvalue weighted by atomic mass is 10.2. The summed E-state index contributed by atoms with van der Waals surface area (Å²) in [5.41, 5.74) is 0.983. The minimum Gasteiger partial charge on any atom is -0.469 e. The van der Waals surface area contributed by atoms with Crippen LogP contribution >= 0.6 is 15.9 Å². The number of aliphatic hydroxyl groups is 1. The summed E-state index contributed by atoms with van der Waals surface area (Å²) in [4.78, 5) is 12.9. The first kappa shape index (κ1) is 14.0. The molecule has 0 bridgehead atoms. The van der Waals surface area contributed by atoms with Crippen LogP contribution in [0.2, 0.25) is 0 Å². The van der Waals surface area contributed by atoms with E-state index in [0.29, 0.717) is 6.54 Å². The van der Waals surface area contributed by atoms with Crippen molar-refractivity contribution in [3.63, 3.8) is 0 Å². The summed E-state index contributed by atoms with van der Waals surface area (Å²) >= 11 is 3.36. The van der Waals surface area contributed by atoms with E-state index in [1.54, 1.807) is 0 Å². The number of aliphatic hydroxyl groups excluding tert-OH is 1. The highest BCUT2D eigenvalue weighted by Gasteiger charge is 2.13. The SMILES string of the molecule is COC(=O)CC(O)CN(C)c1ccc(Br)cc1. The maximum Gasteiger partial charge on any atom is 0.308 e. The predicted octanol–water partition coefficient (Wildman–Crippen LogP) is 1.81. The fourth-order valence-corrected chi connectivity index (χ4v) is 1.72. The number of rotatable bonds is 5. The van der Waals surface area contributed by atoms with E-state index >= 15 is 0 Å². The third kappa shape index (κ3) is 4.75. The molecule has 0 radical (unpaired) electrons. The Morgan fingerprint density at radius 2 is 2.06 bits per heavy atom. The predicted molar refractivity (Wildman–Crippen MR) is 70.1 cm³/mol. The molecular weight excluding hydrogens is 286 g/mol. The van der Waals surface area contributed by atoms with Crippen LogP contribution < -0.4 is 4.90 Å². The normalized spacial score (nSPS) is 12.0. The van der Waals surface area contributed by atoms with E-state index in [-0.39, 0.29) is 6.42 Å². The highest BCUT2D eigenvalue weighted by Crippen LogP contribution is 2.17. The van der Waals surface area contributed by atoms with Gasteiger partial charge in [-0.25, -0.2) is 0 Å². The number of hydrogen-bond donors (Lipinski definition) is 1. The molecule has 94 valence electrons. The number of methoxy groups -OCH3 is 1. The Labute approximate surface area is 109 Å². The number of halogens is 1. The summed E-state index contributed by atoms with van der Waals surface area (Å²) in [6.07, 6.45) is -0.715. The Bertz CT molecular complexity index is 367. The Morgan fingerprint density at radius 3 is 2.59 bits per heavy atom. The van der Waals surface area contributed by atoms with Crippen LogP contribution in [-0.4, -0.2) is 37.9 Å². The van der Waals surface area contributed by atoms with Gasteiger partial charge in [0.15, 0.2) is 0 Å². The van der Waals surface area contributed by atoms with Gasteiger partial charge in [0.2, 0.25) is 0 Å². The Balaban J connectivity index is 2.51. The van der Waals surface area contributed by atoms with Crippen LogP contribution in [0.3, 0.4) is 0 Å². The zero-order valence-electron chi connectivity index (χ0n) is 9.89. The molecule has 0 aliphatic carbocycles. The van der Waals surface area contributed by atoms with Gasteiger partial charge in [0.05, 0.1) is 19.6 Å². The molecule has 0 fully saturated rings. The second kappa shape index (κ2) is 6.61. The number of esters is 1. The molecule has 1 aromatic rings. The fraction of sp³-hybridized carbons (Fsp3) is 0.417. The van der Waals surface area contributed by atoms with Gasteiger partial charge < -0.3 is 14.7 Å². The van der Waals surface area contributed by atoms with E-state index in [0.717, 1.165) is 10.2 Å². The Kier molecular flexibility index (Phi) is 5.44. The lowest BCUT2D eigenvalue weighted by molar-refractivity contribution is -0.142. The summed E-state index contributed by atoms with van der Waals surface area (Å²) in [5, 5.41) is 9.69. The molecule has 1 atom stereocenters. The summed E-state index contributed by atoms with van der Waals surface area (Å²) in [7, 11) is 3.18. The summed E-state index contributed by atoms with van der Waals surface area (Å²) < 4.78 is 5.50. The minimum absolute atomic E-state index is 0.0113. The molecule has 1 N–H and O–H groups in total. The molecule has 0 heterocycles. The molecule has 0 spiro atoms. The van der Waals surface area contributed by atoms with Crippen LogP contribution in [0, 0.1) is 0 Å². The molecule has 17 heavy (non-hydrogen) atoms. The van der Waals surface area contributed by atoms with Crippen molar-refractivity contribution in [1.82, 2.24) is 0 Å². The summed E-state index contributed by atoms with van der Waals surface area (Å²) in [6, 6.07) is 7.74. The van der Waals surface area contributed by atoms with Gasteiger partial charge in [-0.05, 0) is 24.3 Å². The summed E-state index contributed by atoms with van der Waals surface area (Å²) in [6.45, 7) is 0.386. The monoisotopic (exact) mass is 301 g/mol. The molecule has 1 aromatic carbocycles. The summed E-state index contributed by atoms with van der Waals surface area (Å²) in [5.74, 6) is -0.401. The average molecular weight is 302 g/mol. The van der Waals surface area contributed by atoms with Crippen LogP contribution in [0.1, 0.15) is 6.42 Å². The molecule has 1 unspecified atom stereocenters. The first-order chi connectivity index (χ1) is 8.02. The maximum absolute atomic E-state index is 11.0. The maximum atomic E-state index is 11.0. The number of carbonyl (C=O) groups excluding carboxylic acids is 1. The van der Waals surface area contributed by atoms with Gasteiger partial charge in [-0.1, -0.05) is 15.9 Å². The van der Waals surface area contributed by atoms with Gasteiger partial charge in [0.25, 0.3) is 0 Å². The van der Waals surface area contributed by atoms with E-state index < -0.39 is 12.1 Å². The van der Waals surface area contributed by atoms with Crippen molar-refractivity contribution in [2.45, 2.75) is 12.5 Å². The topological polar surface area (TPSA) is 49.8 Å². The molecule has 0 amide bonds. The second-order valence-electron chi connectivity index (χ2n) is 3.79. The van der Waals surface area contributed by atoms with Gasteiger partial charge in [-0.3, -0.25) is 4.79 Å². The van der Waals surface area contributed by atoms with Crippen molar-refractivity contribution in [1.29, 1.82) is 0 Å². The van der Waals surface area contributed by atoms with Crippen molar-refractivity contribution in [2.24, 2.45) is 0 Å². The van der Waals surface area contributed by atoms with E-state index in [2.05, 4.69) is 20.7 Å². The van der Waals surface area contributed by atoms with Crippen LogP contribution in [0.15, 0.2) is 28.7 Å². The third-order valence-electron chi connectivity index (χ3n) is 2.38. The van der Waals surface area contributed by atoms with E-state index in [9.17, 15) is 9.90 Å². The lowest BCUT2D eigenvalue weighted by Gasteiger charge is -2.22. The van der Waals surface area contributed by atoms with Gasteiger partial charge in [0, 0.05) is 23.8 Å². The van der Waals surface area contributed by atoms with E-state index in [4.69, 9.17) is 0 Å². The van der Waals surface area contributed by atoms with Gasteiger partial charge in [-0.2, -0.15) is 0 Å². The molecule has 1 rings (SSSR count). The number of nitrogens with zero attached hydrogens (tertiary/aromatic N) is 1. The second-order valence-corrected chi connectivity index (χ2v) is 4.71. The quantitative estimate of drug-likeness (QED) is 0.843.